The third kappa shape index (κ3) is 4.95. The first-order valence-corrected chi connectivity index (χ1v) is 9.99. The molecule has 0 fully saturated rings. The minimum atomic E-state index is -0.0715. The summed E-state index contributed by atoms with van der Waals surface area (Å²) in [5.41, 5.74) is 5.06. The Morgan fingerprint density at radius 2 is 1.54 bits per heavy atom. The topological polar surface area (TPSA) is 30.0 Å². The van der Waals surface area contributed by atoms with Gasteiger partial charge in [0.05, 0.1) is 0 Å². The predicted octanol–water partition coefficient (Wildman–Crippen LogP) is 6.03. The molecule has 28 heavy (non-hydrogen) atoms. The Morgan fingerprint density at radius 1 is 0.893 bits per heavy atom. The lowest BCUT2D eigenvalue weighted by Crippen LogP contribution is -2.22. The van der Waals surface area contributed by atoms with Gasteiger partial charge in [0.1, 0.15) is 0 Å². The monoisotopic (exact) mass is 371 g/mol. The number of hydrogen-bond acceptors (Lipinski definition) is 2. The molecule has 0 amide bonds. The normalized spacial score (nSPS) is 11.6. The lowest BCUT2D eigenvalue weighted by Gasteiger charge is -2.25. The van der Waals surface area contributed by atoms with Gasteiger partial charge in [0.2, 0.25) is 0 Å². The van der Waals surface area contributed by atoms with Crippen molar-refractivity contribution in [2.45, 2.75) is 46.0 Å². The summed E-state index contributed by atoms with van der Waals surface area (Å²) in [6.07, 6.45) is 3.88. The maximum atomic E-state index is 12.6. The third-order valence-corrected chi connectivity index (χ3v) is 5.06. The van der Waals surface area contributed by atoms with Gasteiger partial charge in [0.25, 0.3) is 0 Å². The molecule has 0 aliphatic carbocycles. The molecule has 0 spiro atoms. The van der Waals surface area contributed by atoms with Crippen LogP contribution in [0.5, 0.6) is 0 Å². The molecule has 1 aromatic heterocycles. The molecular formula is C26H29NO. The van der Waals surface area contributed by atoms with E-state index in [1.54, 1.807) is 0 Å². The highest BCUT2D eigenvalue weighted by molar-refractivity contribution is 6.08. The molecule has 3 rings (SSSR count). The smallest absolute Gasteiger partial charge is 0.193 e. The average molecular weight is 372 g/mol. The highest BCUT2D eigenvalue weighted by Crippen LogP contribution is 2.27. The quantitative estimate of drug-likeness (QED) is 0.475. The number of rotatable bonds is 7. The SMILES string of the molecule is CC(C)Cc1ccnc(C(C)(C)Cc2ccc(C(=O)c3ccccc3)cc2)c1. The summed E-state index contributed by atoms with van der Waals surface area (Å²) in [5, 5.41) is 0. The van der Waals surface area contributed by atoms with Crippen LogP contribution in [0.2, 0.25) is 0 Å². The van der Waals surface area contributed by atoms with Crippen molar-refractivity contribution in [1.82, 2.24) is 4.98 Å². The standard InChI is InChI=1S/C26H29NO/c1-19(2)16-21-14-15-27-24(17-21)26(3,4)18-20-10-12-23(13-11-20)25(28)22-8-6-5-7-9-22/h5-15,17,19H,16,18H2,1-4H3. The fourth-order valence-electron chi connectivity index (χ4n) is 3.57. The van der Waals surface area contributed by atoms with E-state index in [2.05, 4.69) is 56.9 Å². The summed E-state index contributed by atoms with van der Waals surface area (Å²) in [6.45, 7) is 8.95. The minimum absolute atomic E-state index is 0.0643. The van der Waals surface area contributed by atoms with Gasteiger partial charge in [-0.15, -0.1) is 0 Å². The van der Waals surface area contributed by atoms with Crippen LogP contribution in [0.4, 0.5) is 0 Å². The van der Waals surface area contributed by atoms with Gasteiger partial charge in [-0.3, -0.25) is 9.78 Å². The summed E-state index contributed by atoms with van der Waals surface area (Å²) in [6, 6.07) is 21.8. The average Bonchev–Trinajstić information content (AvgIpc) is 2.68. The Labute approximate surface area is 168 Å². The van der Waals surface area contributed by atoms with E-state index >= 15 is 0 Å². The van der Waals surface area contributed by atoms with Crippen molar-refractivity contribution >= 4 is 5.78 Å². The summed E-state index contributed by atoms with van der Waals surface area (Å²) in [7, 11) is 0. The van der Waals surface area contributed by atoms with Crippen LogP contribution in [0.25, 0.3) is 0 Å². The van der Waals surface area contributed by atoms with Crippen LogP contribution in [0.3, 0.4) is 0 Å². The first-order valence-electron chi connectivity index (χ1n) is 9.99. The van der Waals surface area contributed by atoms with Crippen molar-refractivity contribution in [2.75, 3.05) is 0 Å². The predicted molar refractivity (Wildman–Crippen MR) is 116 cm³/mol. The van der Waals surface area contributed by atoms with E-state index in [4.69, 9.17) is 0 Å². The molecule has 2 heteroatoms. The molecule has 0 saturated carbocycles. The van der Waals surface area contributed by atoms with Crippen LogP contribution in [0, 0.1) is 5.92 Å². The van der Waals surface area contributed by atoms with E-state index in [9.17, 15) is 4.79 Å². The molecule has 0 unspecified atom stereocenters. The number of carbonyl (C=O) groups excluding carboxylic acids is 1. The fraction of sp³-hybridized carbons (Fsp3) is 0.308. The number of hydrogen-bond donors (Lipinski definition) is 0. The molecule has 0 atom stereocenters. The molecule has 2 nitrogen and oxygen atoms in total. The van der Waals surface area contributed by atoms with E-state index in [1.165, 1.54) is 11.1 Å². The molecule has 0 aliphatic rings. The molecule has 0 aliphatic heterocycles. The largest absolute Gasteiger partial charge is 0.289 e. The lowest BCUT2D eigenvalue weighted by molar-refractivity contribution is 0.103. The number of nitrogens with zero attached hydrogens (tertiary/aromatic N) is 1. The van der Waals surface area contributed by atoms with E-state index in [0.29, 0.717) is 5.92 Å². The van der Waals surface area contributed by atoms with Gasteiger partial charge >= 0.3 is 0 Å². The van der Waals surface area contributed by atoms with Gasteiger partial charge in [-0.25, -0.2) is 0 Å². The maximum absolute atomic E-state index is 12.6. The van der Waals surface area contributed by atoms with Crippen LogP contribution < -0.4 is 0 Å². The molecule has 2 aromatic carbocycles. The minimum Gasteiger partial charge on any atom is -0.289 e. The summed E-state index contributed by atoms with van der Waals surface area (Å²) < 4.78 is 0. The van der Waals surface area contributed by atoms with Crippen molar-refractivity contribution in [3.05, 3.63) is 101 Å². The second kappa shape index (κ2) is 8.52. The molecule has 0 N–H and O–H groups in total. The highest BCUT2D eigenvalue weighted by Gasteiger charge is 2.23. The zero-order chi connectivity index (χ0) is 20.1. The van der Waals surface area contributed by atoms with Crippen LogP contribution in [0.1, 0.15) is 60.4 Å². The van der Waals surface area contributed by atoms with Gasteiger partial charge < -0.3 is 0 Å². The van der Waals surface area contributed by atoms with E-state index < -0.39 is 0 Å². The number of aromatic nitrogens is 1. The summed E-state index contributed by atoms with van der Waals surface area (Å²) in [5.74, 6) is 0.697. The molecule has 3 aromatic rings. The molecule has 0 saturated heterocycles. The van der Waals surface area contributed by atoms with Gasteiger partial charge in [-0.2, -0.15) is 0 Å². The number of pyridine rings is 1. The lowest BCUT2D eigenvalue weighted by atomic mass is 9.81. The van der Waals surface area contributed by atoms with Gasteiger partial charge in [-0.1, -0.05) is 82.3 Å². The second-order valence-corrected chi connectivity index (χ2v) is 8.60. The Bertz CT molecular complexity index is 924. The zero-order valence-corrected chi connectivity index (χ0v) is 17.3. The van der Waals surface area contributed by atoms with Gasteiger partial charge in [0, 0.05) is 28.4 Å². The van der Waals surface area contributed by atoms with E-state index in [-0.39, 0.29) is 11.2 Å². The molecule has 0 bridgehead atoms. The van der Waals surface area contributed by atoms with Gasteiger partial charge in [-0.05, 0) is 42.0 Å². The number of benzene rings is 2. The molecule has 0 radical (unpaired) electrons. The Hall–Kier alpha value is -2.74. The van der Waals surface area contributed by atoms with Gasteiger partial charge in [0.15, 0.2) is 5.78 Å². The van der Waals surface area contributed by atoms with Crippen molar-refractivity contribution in [2.24, 2.45) is 5.92 Å². The number of ketones is 1. The molecule has 1 heterocycles. The highest BCUT2D eigenvalue weighted by atomic mass is 16.1. The third-order valence-electron chi connectivity index (χ3n) is 5.06. The van der Waals surface area contributed by atoms with E-state index in [0.717, 1.165) is 29.7 Å². The van der Waals surface area contributed by atoms with Crippen molar-refractivity contribution < 1.29 is 4.79 Å². The Balaban J connectivity index is 1.75. The molecule has 144 valence electrons. The first-order chi connectivity index (χ1) is 13.3. The van der Waals surface area contributed by atoms with E-state index in [1.807, 2.05) is 48.7 Å². The van der Waals surface area contributed by atoms with Crippen molar-refractivity contribution in [3.63, 3.8) is 0 Å². The zero-order valence-electron chi connectivity index (χ0n) is 17.3. The van der Waals surface area contributed by atoms with Crippen LogP contribution in [-0.4, -0.2) is 10.8 Å². The Kier molecular flexibility index (Phi) is 6.08. The number of carbonyl (C=O) groups is 1. The maximum Gasteiger partial charge on any atom is 0.193 e. The first kappa shape index (κ1) is 20.0. The molecular weight excluding hydrogens is 342 g/mol. The summed E-state index contributed by atoms with van der Waals surface area (Å²) >= 11 is 0. The van der Waals surface area contributed by atoms with Crippen LogP contribution >= 0.6 is 0 Å². The summed E-state index contributed by atoms with van der Waals surface area (Å²) in [4.78, 5) is 17.2. The van der Waals surface area contributed by atoms with Crippen LogP contribution in [0.15, 0.2) is 72.9 Å². The Morgan fingerprint density at radius 3 is 2.18 bits per heavy atom. The van der Waals surface area contributed by atoms with Crippen molar-refractivity contribution in [1.29, 1.82) is 0 Å². The van der Waals surface area contributed by atoms with Crippen molar-refractivity contribution in [3.8, 4) is 0 Å². The fourth-order valence-corrected chi connectivity index (χ4v) is 3.57. The second-order valence-electron chi connectivity index (χ2n) is 8.60. The van der Waals surface area contributed by atoms with Crippen LogP contribution in [-0.2, 0) is 18.3 Å².